The van der Waals surface area contributed by atoms with Gasteiger partial charge in [-0.05, 0) is 25.1 Å². The van der Waals surface area contributed by atoms with E-state index in [-0.39, 0.29) is 0 Å². The van der Waals surface area contributed by atoms with Crippen LogP contribution in [0.3, 0.4) is 0 Å². The van der Waals surface area contributed by atoms with Crippen molar-refractivity contribution in [2.75, 3.05) is 4.90 Å². The van der Waals surface area contributed by atoms with E-state index in [9.17, 15) is 19.2 Å². The van der Waals surface area contributed by atoms with E-state index in [1.54, 1.807) is 49.4 Å². The molecule has 2 saturated heterocycles. The summed E-state index contributed by atoms with van der Waals surface area (Å²) in [4.78, 5) is 50.8. The molecule has 2 amide bonds. The van der Waals surface area contributed by atoms with Crippen molar-refractivity contribution in [1.29, 1.82) is 0 Å². The number of benzene rings is 1. The molecule has 8 heteroatoms. The Morgan fingerprint density at radius 1 is 1.00 bits per heavy atom. The van der Waals surface area contributed by atoms with Gasteiger partial charge in [-0.3, -0.25) is 19.2 Å². The number of hydrogen-bond donors (Lipinski definition) is 0. The molecule has 0 spiro atoms. The van der Waals surface area contributed by atoms with E-state index >= 15 is 0 Å². The van der Waals surface area contributed by atoms with Crippen molar-refractivity contribution < 1.29 is 33.4 Å². The number of nitrogens with zero attached hydrogens (tertiary/aromatic N) is 1. The Hall–Kier alpha value is -3.00. The first-order valence-corrected chi connectivity index (χ1v) is 8.87. The van der Waals surface area contributed by atoms with Crippen LogP contribution in [0.5, 0.6) is 0 Å². The lowest BCUT2D eigenvalue weighted by Crippen LogP contribution is -2.52. The van der Waals surface area contributed by atoms with Crippen molar-refractivity contribution in [3.8, 4) is 0 Å². The molecule has 0 N–H and O–H groups in total. The summed E-state index contributed by atoms with van der Waals surface area (Å²) >= 11 is 0. The van der Waals surface area contributed by atoms with E-state index in [0.29, 0.717) is 5.69 Å². The van der Waals surface area contributed by atoms with E-state index in [0.717, 1.165) is 18.7 Å². The van der Waals surface area contributed by atoms with Crippen LogP contribution in [0.15, 0.2) is 42.5 Å². The van der Waals surface area contributed by atoms with Crippen LogP contribution in [0.1, 0.15) is 20.8 Å². The number of amides is 2. The summed E-state index contributed by atoms with van der Waals surface area (Å²) in [6.45, 7) is 4.01. The quantitative estimate of drug-likeness (QED) is 0.334. The van der Waals surface area contributed by atoms with Crippen molar-refractivity contribution in [2.45, 2.75) is 38.3 Å². The second-order valence-corrected chi connectivity index (χ2v) is 7.33. The SMILES string of the molecule is CC(=O)OC(OC(C)=O)[C@@]12C=C[C@@](C)(O1)[C@@H]1C(=O)N(c3ccccc3)C(=O)[C@H]12. The van der Waals surface area contributed by atoms with Gasteiger partial charge < -0.3 is 14.2 Å². The summed E-state index contributed by atoms with van der Waals surface area (Å²) in [6.07, 6.45) is 1.74. The van der Waals surface area contributed by atoms with Gasteiger partial charge in [0.25, 0.3) is 6.29 Å². The van der Waals surface area contributed by atoms with Crippen molar-refractivity contribution in [3.05, 3.63) is 42.5 Å². The molecule has 4 rings (SSSR count). The summed E-state index contributed by atoms with van der Waals surface area (Å²) in [5.41, 5.74) is -2.20. The molecule has 0 unspecified atom stereocenters. The molecule has 0 saturated carbocycles. The Kier molecular flexibility index (Phi) is 3.94. The monoisotopic (exact) mass is 385 g/mol. The summed E-state index contributed by atoms with van der Waals surface area (Å²) in [5, 5.41) is 0. The Balaban J connectivity index is 1.80. The number of carbonyl (C=O) groups is 4. The fraction of sp³-hybridized carbons (Fsp3) is 0.400. The van der Waals surface area contributed by atoms with Gasteiger partial charge in [0, 0.05) is 13.8 Å². The van der Waals surface area contributed by atoms with Crippen LogP contribution >= 0.6 is 0 Å². The average molecular weight is 385 g/mol. The predicted octanol–water partition coefficient (Wildman–Crippen LogP) is 1.34. The lowest BCUT2D eigenvalue weighted by Gasteiger charge is -2.34. The van der Waals surface area contributed by atoms with E-state index in [2.05, 4.69) is 0 Å². The molecule has 146 valence electrons. The minimum atomic E-state index is -1.56. The predicted molar refractivity (Wildman–Crippen MR) is 94.6 cm³/mol. The molecule has 0 aliphatic carbocycles. The lowest BCUT2D eigenvalue weighted by molar-refractivity contribution is -0.231. The van der Waals surface area contributed by atoms with E-state index in [4.69, 9.17) is 14.2 Å². The molecule has 3 aliphatic rings. The summed E-state index contributed by atoms with van der Waals surface area (Å²) in [6, 6.07) is 8.57. The molecule has 3 aliphatic heterocycles. The van der Waals surface area contributed by atoms with Gasteiger partial charge in [0.2, 0.25) is 11.8 Å². The molecule has 1 aromatic rings. The summed E-state index contributed by atoms with van der Waals surface area (Å²) in [5.74, 6) is -4.10. The molecule has 28 heavy (non-hydrogen) atoms. The maximum absolute atomic E-state index is 13.3. The van der Waals surface area contributed by atoms with Crippen LogP contribution in [0.2, 0.25) is 0 Å². The summed E-state index contributed by atoms with van der Waals surface area (Å²) < 4.78 is 16.5. The maximum atomic E-state index is 13.3. The zero-order valence-corrected chi connectivity index (χ0v) is 15.6. The van der Waals surface area contributed by atoms with E-state index in [1.165, 1.54) is 0 Å². The van der Waals surface area contributed by atoms with E-state index < -0.39 is 53.1 Å². The Morgan fingerprint density at radius 3 is 2.14 bits per heavy atom. The zero-order chi connectivity index (χ0) is 20.3. The second-order valence-electron chi connectivity index (χ2n) is 7.33. The molecule has 2 bridgehead atoms. The third-order valence-corrected chi connectivity index (χ3v) is 5.41. The van der Waals surface area contributed by atoms with E-state index in [1.807, 2.05) is 0 Å². The van der Waals surface area contributed by atoms with Gasteiger partial charge >= 0.3 is 11.9 Å². The number of esters is 2. The summed E-state index contributed by atoms with van der Waals surface area (Å²) in [7, 11) is 0. The third kappa shape index (κ3) is 2.41. The normalized spacial score (nSPS) is 32.8. The van der Waals surface area contributed by atoms with Crippen LogP contribution in [0.25, 0.3) is 0 Å². The van der Waals surface area contributed by atoms with Gasteiger partial charge in [-0.1, -0.05) is 24.3 Å². The molecular formula is C20H19NO7. The molecule has 1 aromatic carbocycles. The highest BCUT2D eigenvalue weighted by molar-refractivity contribution is 6.23. The van der Waals surface area contributed by atoms with Crippen molar-refractivity contribution in [2.24, 2.45) is 11.8 Å². The molecule has 8 nitrogen and oxygen atoms in total. The largest absolute Gasteiger partial charge is 0.422 e. The Morgan fingerprint density at radius 2 is 1.57 bits per heavy atom. The van der Waals surface area contributed by atoms with Crippen molar-refractivity contribution in [1.82, 2.24) is 0 Å². The van der Waals surface area contributed by atoms with Gasteiger partial charge in [-0.25, -0.2) is 4.90 Å². The molecule has 4 atom stereocenters. The van der Waals surface area contributed by atoms with Gasteiger partial charge in [0.05, 0.1) is 23.1 Å². The van der Waals surface area contributed by atoms with Crippen LogP contribution in [-0.4, -0.2) is 41.2 Å². The number of hydrogen-bond acceptors (Lipinski definition) is 7. The van der Waals surface area contributed by atoms with Crippen LogP contribution in [0, 0.1) is 11.8 Å². The number of ether oxygens (including phenoxy) is 3. The van der Waals surface area contributed by atoms with Crippen molar-refractivity contribution in [3.63, 3.8) is 0 Å². The molecular weight excluding hydrogens is 366 g/mol. The highest BCUT2D eigenvalue weighted by Crippen LogP contribution is 2.59. The topological polar surface area (TPSA) is 99.2 Å². The van der Waals surface area contributed by atoms with Gasteiger partial charge in [0.1, 0.15) is 0 Å². The van der Waals surface area contributed by atoms with Crippen LogP contribution in [0.4, 0.5) is 5.69 Å². The zero-order valence-electron chi connectivity index (χ0n) is 15.6. The lowest BCUT2D eigenvalue weighted by atomic mass is 9.72. The highest BCUT2D eigenvalue weighted by Gasteiger charge is 2.75. The molecule has 0 radical (unpaired) electrons. The van der Waals surface area contributed by atoms with Gasteiger partial charge in [-0.15, -0.1) is 0 Å². The Labute approximate surface area is 161 Å². The third-order valence-electron chi connectivity index (χ3n) is 5.41. The first-order valence-electron chi connectivity index (χ1n) is 8.87. The number of anilines is 1. The molecule has 0 aromatic heterocycles. The van der Waals surface area contributed by atoms with Gasteiger partial charge in [-0.2, -0.15) is 0 Å². The standard InChI is InChI=1S/C20H19NO7/c1-11(22)26-18(27-12(2)23)20-10-9-19(3,28-20)14-15(20)17(25)21(16(14)24)13-7-5-4-6-8-13/h4-10,14-15,18H,1-3H3/t14-,15-,19+,20-/m0/s1. The Bertz CT molecular complexity index is 894. The number of rotatable bonds is 4. The first-order chi connectivity index (χ1) is 13.2. The number of fused-ring (bicyclic) bond motifs is 5. The fourth-order valence-corrected chi connectivity index (χ4v) is 4.40. The second kappa shape index (κ2) is 6.00. The van der Waals surface area contributed by atoms with Crippen molar-refractivity contribution >= 4 is 29.4 Å². The average Bonchev–Trinajstić information content (AvgIpc) is 3.20. The minimum absolute atomic E-state index is 0.403. The van der Waals surface area contributed by atoms with Gasteiger partial charge in [0.15, 0.2) is 5.60 Å². The minimum Gasteiger partial charge on any atom is -0.422 e. The fourth-order valence-electron chi connectivity index (χ4n) is 4.40. The first kappa shape index (κ1) is 18.4. The van der Waals surface area contributed by atoms with Crippen LogP contribution < -0.4 is 4.90 Å². The molecule has 2 fully saturated rings. The number of imide groups is 1. The van der Waals surface area contributed by atoms with Crippen LogP contribution in [-0.2, 0) is 33.4 Å². The number of carbonyl (C=O) groups excluding carboxylic acids is 4. The smallest absolute Gasteiger partial charge is 0.305 e. The maximum Gasteiger partial charge on any atom is 0.305 e. The number of para-hydroxylation sites is 1. The molecule has 3 heterocycles. The highest BCUT2D eigenvalue weighted by atomic mass is 16.7.